The Morgan fingerprint density at radius 3 is 2.44 bits per heavy atom. The molecule has 2 rings (SSSR count). The van der Waals surface area contributed by atoms with E-state index in [1.165, 1.54) is 58.0 Å². The molecule has 0 aromatic heterocycles. The Morgan fingerprint density at radius 2 is 1.89 bits per heavy atom. The van der Waals surface area contributed by atoms with Crippen LogP contribution in [0, 0.1) is 5.92 Å². The maximum Gasteiger partial charge on any atom is 0.0805 e. The van der Waals surface area contributed by atoms with Crippen molar-refractivity contribution in [2.24, 2.45) is 11.7 Å². The Bertz CT molecular complexity index is 231. The summed E-state index contributed by atoms with van der Waals surface area (Å²) in [6.45, 7) is 7.48. The summed E-state index contributed by atoms with van der Waals surface area (Å²) < 4.78 is 6.21. The van der Waals surface area contributed by atoms with Crippen LogP contribution in [0.4, 0.5) is 0 Å². The maximum atomic E-state index is 6.21. The Kier molecular flexibility index (Phi) is 5.46. The average Bonchev–Trinajstić information content (AvgIpc) is 2.93. The quantitative estimate of drug-likeness (QED) is 0.791. The molecular formula is C15H30N2O. The second kappa shape index (κ2) is 6.88. The first-order chi connectivity index (χ1) is 8.78. The SMILES string of the molecule is CCC1CCC(CN)(OCCN2CCCC2)CC1. The summed E-state index contributed by atoms with van der Waals surface area (Å²) in [5.74, 6) is 0.909. The first-order valence-electron chi connectivity index (χ1n) is 7.84. The van der Waals surface area contributed by atoms with Gasteiger partial charge in [-0.2, -0.15) is 0 Å². The largest absolute Gasteiger partial charge is 0.372 e. The van der Waals surface area contributed by atoms with E-state index in [1.807, 2.05) is 0 Å². The van der Waals surface area contributed by atoms with Crippen LogP contribution in [-0.2, 0) is 4.74 Å². The normalized spacial score (nSPS) is 34.0. The van der Waals surface area contributed by atoms with Gasteiger partial charge in [0.25, 0.3) is 0 Å². The molecule has 0 aromatic rings. The number of rotatable bonds is 6. The van der Waals surface area contributed by atoms with E-state index in [9.17, 15) is 0 Å². The molecule has 2 aliphatic rings. The zero-order valence-electron chi connectivity index (χ0n) is 12.0. The minimum absolute atomic E-state index is 0.00535. The lowest BCUT2D eigenvalue weighted by molar-refractivity contribution is -0.0756. The second-order valence-electron chi connectivity index (χ2n) is 6.14. The van der Waals surface area contributed by atoms with Gasteiger partial charge in [-0.15, -0.1) is 0 Å². The number of hydrogen-bond acceptors (Lipinski definition) is 3. The van der Waals surface area contributed by atoms with Crippen molar-refractivity contribution < 1.29 is 4.74 Å². The summed E-state index contributed by atoms with van der Waals surface area (Å²) in [5.41, 5.74) is 5.99. The second-order valence-corrected chi connectivity index (χ2v) is 6.14. The van der Waals surface area contributed by atoms with Crippen LogP contribution in [0.5, 0.6) is 0 Å². The highest BCUT2D eigenvalue weighted by Crippen LogP contribution is 2.35. The van der Waals surface area contributed by atoms with E-state index in [4.69, 9.17) is 10.5 Å². The summed E-state index contributed by atoms with van der Waals surface area (Å²) >= 11 is 0. The van der Waals surface area contributed by atoms with Gasteiger partial charge < -0.3 is 15.4 Å². The summed E-state index contributed by atoms with van der Waals surface area (Å²) in [5, 5.41) is 0. The van der Waals surface area contributed by atoms with Crippen LogP contribution in [0.1, 0.15) is 51.9 Å². The molecular weight excluding hydrogens is 224 g/mol. The number of hydrogen-bond donors (Lipinski definition) is 1. The van der Waals surface area contributed by atoms with Crippen molar-refractivity contribution in [3.05, 3.63) is 0 Å². The zero-order valence-corrected chi connectivity index (χ0v) is 12.0. The van der Waals surface area contributed by atoms with Gasteiger partial charge in [-0.25, -0.2) is 0 Å². The Morgan fingerprint density at radius 1 is 1.22 bits per heavy atom. The third-order valence-electron chi connectivity index (χ3n) is 4.98. The molecule has 0 aromatic carbocycles. The first kappa shape index (κ1) is 14.3. The van der Waals surface area contributed by atoms with Crippen LogP contribution in [0.3, 0.4) is 0 Å². The Labute approximate surface area is 112 Å². The van der Waals surface area contributed by atoms with E-state index < -0.39 is 0 Å². The van der Waals surface area contributed by atoms with Gasteiger partial charge in [0, 0.05) is 13.1 Å². The fourth-order valence-electron chi connectivity index (χ4n) is 3.42. The van der Waals surface area contributed by atoms with E-state index in [1.54, 1.807) is 0 Å². The van der Waals surface area contributed by atoms with Crippen LogP contribution in [0.15, 0.2) is 0 Å². The third kappa shape index (κ3) is 3.69. The van der Waals surface area contributed by atoms with Crippen molar-refractivity contribution in [1.29, 1.82) is 0 Å². The molecule has 0 amide bonds. The highest BCUT2D eigenvalue weighted by molar-refractivity contribution is 4.88. The van der Waals surface area contributed by atoms with E-state index in [0.29, 0.717) is 6.54 Å². The monoisotopic (exact) mass is 254 g/mol. The van der Waals surface area contributed by atoms with Crippen LogP contribution < -0.4 is 5.73 Å². The average molecular weight is 254 g/mol. The number of ether oxygens (including phenoxy) is 1. The van der Waals surface area contributed by atoms with Crippen LogP contribution in [-0.4, -0.2) is 43.3 Å². The van der Waals surface area contributed by atoms with E-state index >= 15 is 0 Å². The van der Waals surface area contributed by atoms with E-state index in [-0.39, 0.29) is 5.60 Å². The van der Waals surface area contributed by atoms with Crippen molar-refractivity contribution in [3.63, 3.8) is 0 Å². The van der Waals surface area contributed by atoms with Crippen molar-refractivity contribution in [2.45, 2.75) is 57.5 Å². The molecule has 3 nitrogen and oxygen atoms in total. The molecule has 1 aliphatic carbocycles. The number of nitrogens with zero attached hydrogens (tertiary/aromatic N) is 1. The van der Waals surface area contributed by atoms with Gasteiger partial charge in [0.1, 0.15) is 0 Å². The van der Waals surface area contributed by atoms with Gasteiger partial charge in [0.05, 0.1) is 12.2 Å². The molecule has 0 radical (unpaired) electrons. The standard InChI is InChI=1S/C15H30N2O/c1-2-14-5-7-15(13-16,8-6-14)18-12-11-17-9-3-4-10-17/h14H,2-13,16H2,1H3. The van der Waals surface area contributed by atoms with Gasteiger partial charge in [0.2, 0.25) is 0 Å². The predicted molar refractivity (Wildman–Crippen MR) is 75.7 cm³/mol. The van der Waals surface area contributed by atoms with Crippen molar-refractivity contribution in [2.75, 3.05) is 32.8 Å². The molecule has 2 fully saturated rings. The molecule has 0 unspecified atom stereocenters. The number of nitrogens with two attached hydrogens (primary N) is 1. The molecule has 2 N–H and O–H groups in total. The topological polar surface area (TPSA) is 38.5 Å². The fourth-order valence-corrected chi connectivity index (χ4v) is 3.42. The van der Waals surface area contributed by atoms with Crippen LogP contribution in [0.25, 0.3) is 0 Å². The smallest absolute Gasteiger partial charge is 0.0805 e. The van der Waals surface area contributed by atoms with E-state index in [2.05, 4.69) is 11.8 Å². The molecule has 1 saturated heterocycles. The minimum Gasteiger partial charge on any atom is -0.372 e. The van der Waals surface area contributed by atoms with Crippen molar-refractivity contribution in [3.8, 4) is 0 Å². The summed E-state index contributed by atoms with van der Waals surface area (Å²) in [4.78, 5) is 2.52. The predicted octanol–water partition coefficient (Wildman–Crippen LogP) is 2.40. The Balaban J connectivity index is 1.71. The zero-order chi connectivity index (χ0) is 12.8. The highest BCUT2D eigenvalue weighted by atomic mass is 16.5. The fraction of sp³-hybridized carbons (Fsp3) is 1.00. The number of likely N-dealkylation sites (tertiary alicyclic amines) is 1. The summed E-state index contributed by atoms with van der Waals surface area (Å²) in [6, 6.07) is 0. The van der Waals surface area contributed by atoms with Crippen LogP contribution in [0.2, 0.25) is 0 Å². The minimum atomic E-state index is 0.00535. The first-order valence-corrected chi connectivity index (χ1v) is 7.84. The maximum absolute atomic E-state index is 6.21. The molecule has 1 saturated carbocycles. The van der Waals surface area contributed by atoms with Gasteiger partial charge in [-0.3, -0.25) is 0 Å². The van der Waals surface area contributed by atoms with Gasteiger partial charge in [-0.1, -0.05) is 13.3 Å². The highest BCUT2D eigenvalue weighted by Gasteiger charge is 2.34. The Hall–Kier alpha value is -0.120. The van der Waals surface area contributed by atoms with Crippen LogP contribution >= 0.6 is 0 Å². The third-order valence-corrected chi connectivity index (χ3v) is 4.98. The molecule has 3 heteroatoms. The summed E-state index contributed by atoms with van der Waals surface area (Å²) in [6.07, 6.45) is 8.98. The lowest BCUT2D eigenvalue weighted by Gasteiger charge is -2.39. The molecule has 106 valence electrons. The lowest BCUT2D eigenvalue weighted by atomic mass is 9.77. The molecule has 0 atom stereocenters. The van der Waals surface area contributed by atoms with Gasteiger partial charge in [-0.05, 0) is 57.5 Å². The van der Waals surface area contributed by atoms with Gasteiger partial charge in [0.15, 0.2) is 0 Å². The molecule has 0 spiro atoms. The molecule has 1 heterocycles. The summed E-state index contributed by atoms with van der Waals surface area (Å²) in [7, 11) is 0. The molecule has 0 bridgehead atoms. The van der Waals surface area contributed by atoms with Crippen molar-refractivity contribution in [1.82, 2.24) is 4.90 Å². The van der Waals surface area contributed by atoms with E-state index in [0.717, 1.165) is 19.1 Å². The lowest BCUT2D eigenvalue weighted by Crippen LogP contribution is -2.45. The molecule has 1 aliphatic heterocycles. The van der Waals surface area contributed by atoms with Crippen molar-refractivity contribution >= 4 is 0 Å². The van der Waals surface area contributed by atoms with Gasteiger partial charge >= 0.3 is 0 Å². The molecule has 18 heavy (non-hydrogen) atoms.